The third-order valence-electron chi connectivity index (χ3n) is 6.70. The van der Waals surface area contributed by atoms with Gasteiger partial charge in [0.2, 0.25) is 0 Å². The van der Waals surface area contributed by atoms with Gasteiger partial charge in [0.25, 0.3) is 5.56 Å². The van der Waals surface area contributed by atoms with Crippen molar-refractivity contribution in [1.29, 1.82) is 0 Å². The number of rotatable bonds is 9. The lowest BCUT2D eigenvalue weighted by atomic mass is 10.0. The van der Waals surface area contributed by atoms with Gasteiger partial charge in [-0.25, -0.2) is 22.8 Å². The zero-order chi connectivity index (χ0) is 33.1. The van der Waals surface area contributed by atoms with Crippen molar-refractivity contribution in [1.82, 2.24) is 9.47 Å². The molecule has 0 aliphatic carbocycles. The molecule has 3 aromatic carbocycles. The van der Waals surface area contributed by atoms with Gasteiger partial charge in [-0.2, -0.15) is 0 Å². The van der Waals surface area contributed by atoms with Crippen LogP contribution in [0.15, 0.2) is 83.7 Å². The van der Waals surface area contributed by atoms with Gasteiger partial charge in [0.15, 0.2) is 17.4 Å². The second kappa shape index (κ2) is 13.1. The molecule has 1 heterocycles. The first-order valence-electron chi connectivity index (χ1n) is 13.7. The van der Waals surface area contributed by atoms with Crippen molar-refractivity contribution in [2.45, 2.75) is 45.4 Å². The molecule has 4 rings (SSSR count). The minimum Gasteiger partial charge on any atom is -0.480 e. The van der Waals surface area contributed by atoms with Crippen LogP contribution in [0.2, 0.25) is 0 Å². The minimum absolute atomic E-state index is 0.0234. The van der Waals surface area contributed by atoms with Crippen LogP contribution in [0.4, 0.5) is 23.8 Å². The summed E-state index contributed by atoms with van der Waals surface area (Å²) in [5.41, 5.74) is 3.44. The van der Waals surface area contributed by atoms with Crippen LogP contribution in [0.3, 0.4) is 0 Å². The Hall–Kier alpha value is -5.39. The molecule has 1 aromatic heterocycles. The van der Waals surface area contributed by atoms with Crippen LogP contribution in [-0.2, 0) is 22.5 Å². The van der Waals surface area contributed by atoms with Gasteiger partial charge in [0.1, 0.15) is 29.0 Å². The summed E-state index contributed by atoms with van der Waals surface area (Å²) < 4.78 is 50.6. The zero-order valence-electron chi connectivity index (χ0n) is 24.6. The predicted molar refractivity (Wildman–Crippen MR) is 160 cm³/mol. The summed E-state index contributed by atoms with van der Waals surface area (Å²) in [5, 5.41) is 10.1. The molecule has 45 heavy (non-hydrogen) atoms. The number of carbonyl (C=O) groups excluding carboxylic acids is 2. The topological polar surface area (TPSA) is 132 Å². The number of carboxylic acids is 1. The van der Waals surface area contributed by atoms with Crippen molar-refractivity contribution >= 4 is 23.7 Å². The molecule has 1 atom stereocenters. The standard InChI is InChI=1S/C33H30F3N3O6/c1-33(2,3)45-32(44)38(26(31(42)43)17-19-7-5-4-6-8-19)18-20-15-24(35)28(25(36)16-20)39-27(40)14-13-23(30(39)37)29(41)21-9-11-22(34)12-10-21/h4-16,26H,17-18,37H2,1-3H3,(H,42,43)/t26-/m0/s1. The van der Waals surface area contributed by atoms with Crippen LogP contribution < -0.4 is 11.3 Å². The number of pyridine rings is 1. The minimum atomic E-state index is -1.47. The summed E-state index contributed by atoms with van der Waals surface area (Å²) in [5.74, 6) is -5.79. The number of aromatic nitrogens is 1. The fourth-order valence-corrected chi connectivity index (χ4v) is 4.64. The SMILES string of the molecule is CC(C)(C)OC(=O)N(Cc1cc(F)c(-n2c(N)c(C(=O)c3ccc(F)cc3)ccc2=O)c(F)c1)[C@@H](Cc1ccccc1)C(=O)O. The molecule has 0 unspecified atom stereocenters. The van der Waals surface area contributed by atoms with Crippen LogP contribution in [0.5, 0.6) is 0 Å². The van der Waals surface area contributed by atoms with E-state index in [0.717, 1.165) is 41.3 Å². The molecule has 0 fully saturated rings. The molecule has 0 radical (unpaired) electrons. The highest BCUT2D eigenvalue weighted by Crippen LogP contribution is 2.26. The Morgan fingerprint density at radius 1 is 0.911 bits per heavy atom. The van der Waals surface area contributed by atoms with E-state index < -0.39 is 70.5 Å². The maximum atomic E-state index is 15.7. The highest BCUT2D eigenvalue weighted by Gasteiger charge is 2.34. The van der Waals surface area contributed by atoms with Crippen LogP contribution in [0.25, 0.3) is 5.69 Å². The number of hydrogen-bond acceptors (Lipinski definition) is 6. The van der Waals surface area contributed by atoms with E-state index in [1.54, 1.807) is 51.1 Å². The Morgan fingerprint density at radius 3 is 2.07 bits per heavy atom. The van der Waals surface area contributed by atoms with Crippen molar-refractivity contribution in [3.8, 4) is 5.69 Å². The monoisotopic (exact) mass is 621 g/mol. The summed E-state index contributed by atoms with van der Waals surface area (Å²) in [4.78, 5) is 52.3. The number of halogens is 3. The summed E-state index contributed by atoms with van der Waals surface area (Å²) in [6, 6.07) is 15.2. The van der Waals surface area contributed by atoms with Crippen molar-refractivity contribution in [2.24, 2.45) is 0 Å². The third kappa shape index (κ3) is 7.58. The number of hydrogen-bond donors (Lipinski definition) is 2. The van der Waals surface area contributed by atoms with Crippen molar-refractivity contribution in [3.63, 3.8) is 0 Å². The number of carbonyl (C=O) groups is 3. The van der Waals surface area contributed by atoms with E-state index in [4.69, 9.17) is 10.5 Å². The van der Waals surface area contributed by atoms with Crippen molar-refractivity contribution in [2.75, 3.05) is 5.73 Å². The second-order valence-electron chi connectivity index (χ2n) is 11.2. The van der Waals surface area contributed by atoms with Gasteiger partial charge in [-0.1, -0.05) is 30.3 Å². The lowest BCUT2D eigenvalue weighted by Crippen LogP contribution is -2.48. The first-order chi connectivity index (χ1) is 21.2. The first kappa shape index (κ1) is 32.5. The normalized spacial score (nSPS) is 12.0. The fraction of sp³-hybridized carbons (Fsp3) is 0.212. The summed E-state index contributed by atoms with van der Waals surface area (Å²) >= 11 is 0. The molecule has 234 valence electrons. The van der Waals surface area contributed by atoms with Gasteiger partial charge >= 0.3 is 12.1 Å². The van der Waals surface area contributed by atoms with E-state index >= 15 is 8.78 Å². The largest absolute Gasteiger partial charge is 0.480 e. The Labute approximate surface area is 256 Å². The quantitative estimate of drug-likeness (QED) is 0.236. The van der Waals surface area contributed by atoms with E-state index in [-0.39, 0.29) is 23.1 Å². The molecule has 4 aromatic rings. The van der Waals surface area contributed by atoms with Gasteiger partial charge < -0.3 is 15.6 Å². The fourth-order valence-electron chi connectivity index (χ4n) is 4.64. The highest BCUT2D eigenvalue weighted by molar-refractivity contribution is 6.11. The van der Waals surface area contributed by atoms with Gasteiger partial charge in [-0.3, -0.25) is 19.1 Å². The van der Waals surface area contributed by atoms with E-state index in [9.17, 15) is 28.7 Å². The molecule has 0 aliphatic rings. The Morgan fingerprint density at radius 2 is 1.51 bits per heavy atom. The van der Waals surface area contributed by atoms with E-state index in [1.165, 1.54) is 12.1 Å². The summed E-state index contributed by atoms with van der Waals surface area (Å²) in [6.07, 6.45) is -1.15. The molecule has 0 aliphatic heterocycles. The number of nitrogens with two attached hydrogens (primary N) is 1. The average molecular weight is 622 g/mol. The van der Waals surface area contributed by atoms with Gasteiger partial charge in [0, 0.05) is 18.1 Å². The Bertz CT molecular complexity index is 1780. The lowest BCUT2D eigenvalue weighted by Gasteiger charge is -2.32. The van der Waals surface area contributed by atoms with E-state index in [0.29, 0.717) is 10.1 Å². The summed E-state index contributed by atoms with van der Waals surface area (Å²) in [7, 11) is 0. The number of aliphatic carboxylic acids is 1. The second-order valence-corrected chi connectivity index (χ2v) is 11.2. The molecular formula is C33H30F3N3O6. The van der Waals surface area contributed by atoms with Gasteiger partial charge in [0.05, 0.1) is 12.1 Å². The maximum Gasteiger partial charge on any atom is 0.411 e. The number of anilines is 1. The Kier molecular flexibility index (Phi) is 9.46. The zero-order valence-corrected chi connectivity index (χ0v) is 24.6. The number of nitrogens with zero attached hydrogens (tertiary/aromatic N) is 2. The molecule has 0 bridgehead atoms. The number of ketones is 1. The third-order valence-corrected chi connectivity index (χ3v) is 6.70. The number of nitrogen functional groups attached to an aromatic ring is 1. The highest BCUT2D eigenvalue weighted by atomic mass is 19.1. The molecule has 1 amide bonds. The van der Waals surface area contributed by atoms with Crippen LogP contribution in [0.1, 0.15) is 47.8 Å². The van der Waals surface area contributed by atoms with Crippen LogP contribution >= 0.6 is 0 Å². The van der Waals surface area contributed by atoms with E-state index in [1.807, 2.05) is 0 Å². The Balaban J connectivity index is 1.75. The van der Waals surface area contributed by atoms with E-state index in [2.05, 4.69) is 0 Å². The van der Waals surface area contributed by atoms with Gasteiger partial charge in [-0.15, -0.1) is 0 Å². The predicted octanol–water partition coefficient (Wildman–Crippen LogP) is 5.50. The van der Waals surface area contributed by atoms with Crippen molar-refractivity contribution < 1.29 is 37.4 Å². The molecule has 0 spiro atoms. The molecule has 12 heteroatoms. The maximum absolute atomic E-state index is 15.7. The molecular weight excluding hydrogens is 591 g/mol. The van der Waals surface area contributed by atoms with Crippen molar-refractivity contribution in [3.05, 3.63) is 129 Å². The lowest BCUT2D eigenvalue weighted by molar-refractivity contribution is -0.143. The molecule has 0 saturated heterocycles. The molecule has 9 nitrogen and oxygen atoms in total. The average Bonchev–Trinajstić information content (AvgIpc) is 2.96. The smallest absolute Gasteiger partial charge is 0.411 e. The number of ether oxygens (including phenoxy) is 1. The first-order valence-corrected chi connectivity index (χ1v) is 13.7. The number of amides is 1. The van der Waals surface area contributed by atoms with Crippen LogP contribution in [0, 0.1) is 17.5 Å². The van der Waals surface area contributed by atoms with Gasteiger partial charge in [-0.05, 0) is 74.4 Å². The van der Waals surface area contributed by atoms with Crippen LogP contribution in [-0.4, -0.2) is 44.1 Å². The molecule has 3 N–H and O–H groups in total. The molecule has 0 saturated carbocycles. The number of benzene rings is 3. The summed E-state index contributed by atoms with van der Waals surface area (Å²) in [6.45, 7) is 4.18. The number of carboxylic acid groups (broad SMARTS) is 1.